The zero-order valence-electron chi connectivity index (χ0n) is 11.4. The number of nitrogens with two attached hydrogens (primary N) is 1. The van der Waals surface area contributed by atoms with Crippen molar-refractivity contribution < 1.29 is 9.18 Å². The van der Waals surface area contributed by atoms with Crippen LogP contribution in [-0.2, 0) is 6.54 Å². The van der Waals surface area contributed by atoms with Crippen LogP contribution in [0.3, 0.4) is 0 Å². The van der Waals surface area contributed by atoms with Crippen molar-refractivity contribution in [2.75, 3.05) is 0 Å². The van der Waals surface area contributed by atoms with E-state index >= 15 is 0 Å². The van der Waals surface area contributed by atoms with Crippen molar-refractivity contribution in [2.24, 2.45) is 5.84 Å². The predicted octanol–water partition coefficient (Wildman–Crippen LogP) is 2.80. The summed E-state index contributed by atoms with van der Waals surface area (Å²) in [6.45, 7) is 2.55. The number of hydrogen-bond donors (Lipinski definition) is 2. The van der Waals surface area contributed by atoms with Crippen molar-refractivity contribution >= 4 is 28.1 Å². The Morgan fingerprint density at radius 2 is 2.19 bits per heavy atom. The Bertz CT molecular complexity index is 822. The van der Waals surface area contributed by atoms with E-state index in [0.29, 0.717) is 11.4 Å². The topological polar surface area (TPSA) is 60.1 Å². The van der Waals surface area contributed by atoms with Gasteiger partial charge in [0, 0.05) is 17.6 Å². The number of nitrogen functional groups attached to an aromatic ring is 1. The molecule has 6 heteroatoms. The molecule has 0 radical (unpaired) electrons. The monoisotopic (exact) mass is 303 g/mol. The average molecular weight is 303 g/mol. The minimum absolute atomic E-state index is 0.257. The molecule has 108 valence electrons. The van der Waals surface area contributed by atoms with Gasteiger partial charge in [-0.25, -0.2) is 10.2 Å². The number of hydrogen-bond acceptors (Lipinski definition) is 3. The van der Waals surface area contributed by atoms with Gasteiger partial charge in [-0.05, 0) is 48.2 Å². The van der Waals surface area contributed by atoms with Crippen LogP contribution in [0.2, 0.25) is 0 Å². The predicted molar refractivity (Wildman–Crippen MR) is 81.7 cm³/mol. The molecule has 3 N–H and O–H groups in total. The van der Waals surface area contributed by atoms with Crippen molar-refractivity contribution in [2.45, 2.75) is 13.5 Å². The third-order valence-corrected chi connectivity index (χ3v) is 4.54. The van der Waals surface area contributed by atoms with Crippen LogP contribution in [0.1, 0.15) is 20.1 Å². The summed E-state index contributed by atoms with van der Waals surface area (Å²) < 4.78 is 15.4. The highest BCUT2D eigenvalue weighted by Gasteiger charge is 2.12. The van der Waals surface area contributed by atoms with Gasteiger partial charge in [-0.1, -0.05) is 0 Å². The molecule has 3 rings (SSSR count). The molecule has 4 nitrogen and oxygen atoms in total. The highest BCUT2D eigenvalue weighted by atomic mass is 32.1. The van der Waals surface area contributed by atoms with E-state index in [-0.39, 0.29) is 11.7 Å². The SMILES string of the molecule is Cc1sc(C(=O)NN)cc1Cn1ccc2ccc(F)cc21. The van der Waals surface area contributed by atoms with Crippen LogP contribution in [-0.4, -0.2) is 10.5 Å². The van der Waals surface area contributed by atoms with E-state index in [1.807, 2.05) is 29.8 Å². The number of nitrogens with zero attached hydrogens (tertiary/aromatic N) is 1. The van der Waals surface area contributed by atoms with Gasteiger partial charge in [0.05, 0.1) is 10.4 Å². The highest BCUT2D eigenvalue weighted by Crippen LogP contribution is 2.24. The molecule has 0 aliphatic rings. The first-order valence-corrected chi connectivity index (χ1v) is 7.25. The Balaban J connectivity index is 1.97. The van der Waals surface area contributed by atoms with Gasteiger partial charge in [0.2, 0.25) is 0 Å². The number of hydrazine groups is 1. The molecule has 0 aliphatic heterocycles. The zero-order chi connectivity index (χ0) is 15.0. The fourth-order valence-electron chi connectivity index (χ4n) is 2.34. The molecule has 2 aromatic heterocycles. The number of aryl methyl sites for hydroxylation is 1. The van der Waals surface area contributed by atoms with E-state index in [4.69, 9.17) is 5.84 Å². The molecule has 0 saturated carbocycles. The maximum Gasteiger partial charge on any atom is 0.275 e. The highest BCUT2D eigenvalue weighted by molar-refractivity contribution is 7.14. The van der Waals surface area contributed by atoms with E-state index in [9.17, 15) is 9.18 Å². The normalized spacial score (nSPS) is 11.0. The number of nitrogens with one attached hydrogen (secondary N) is 1. The molecule has 21 heavy (non-hydrogen) atoms. The lowest BCUT2D eigenvalue weighted by Crippen LogP contribution is -2.29. The summed E-state index contributed by atoms with van der Waals surface area (Å²) in [6, 6.07) is 8.50. The van der Waals surface area contributed by atoms with E-state index < -0.39 is 0 Å². The Hall–Kier alpha value is -2.18. The second-order valence-corrected chi connectivity index (χ2v) is 6.07. The van der Waals surface area contributed by atoms with Crippen LogP contribution >= 0.6 is 11.3 Å². The summed E-state index contributed by atoms with van der Waals surface area (Å²) in [6.07, 6.45) is 1.92. The lowest BCUT2D eigenvalue weighted by atomic mass is 10.2. The van der Waals surface area contributed by atoms with Crippen molar-refractivity contribution in [3.05, 3.63) is 57.7 Å². The van der Waals surface area contributed by atoms with Gasteiger partial charge in [-0.2, -0.15) is 0 Å². The van der Waals surface area contributed by atoms with Crippen LogP contribution in [0.25, 0.3) is 10.9 Å². The van der Waals surface area contributed by atoms with E-state index in [0.717, 1.165) is 21.3 Å². The number of benzene rings is 1. The minimum Gasteiger partial charge on any atom is -0.343 e. The van der Waals surface area contributed by atoms with Gasteiger partial charge < -0.3 is 4.57 Å². The van der Waals surface area contributed by atoms with Crippen molar-refractivity contribution in [3.63, 3.8) is 0 Å². The van der Waals surface area contributed by atoms with Gasteiger partial charge >= 0.3 is 0 Å². The third kappa shape index (κ3) is 2.55. The molecule has 0 aliphatic carbocycles. The molecule has 0 atom stereocenters. The molecular weight excluding hydrogens is 289 g/mol. The van der Waals surface area contributed by atoms with E-state index in [1.54, 1.807) is 6.07 Å². The average Bonchev–Trinajstić information content (AvgIpc) is 3.03. The van der Waals surface area contributed by atoms with Gasteiger partial charge in [0.1, 0.15) is 5.82 Å². The maximum absolute atomic E-state index is 13.4. The second-order valence-electron chi connectivity index (χ2n) is 4.81. The zero-order valence-corrected chi connectivity index (χ0v) is 12.2. The lowest BCUT2D eigenvalue weighted by Gasteiger charge is -2.05. The summed E-state index contributed by atoms with van der Waals surface area (Å²) in [5, 5.41) is 0.990. The molecule has 0 spiro atoms. The first-order valence-electron chi connectivity index (χ1n) is 6.43. The maximum atomic E-state index is 13.4. The van der Waals surface area contributed by atoms with Crippen LogP contribution in [0.5, 0.6) is 0 Å². The fourth-order valence-corrected chi connectivity index (χ4v) is 3.28. The summed E-state index contributed by atoms with van der Waals surface area (Å²) in [5.41, 5.74) is 4.00. The molecule has 3 aromatic rings. The largest absolute Gasteiger partial charge is 0.343 e. The van der Waals surface area contributed by atoms with Crippen molar-refractivity contribution in [3.8, 4) is 0 Å². The Morgan fingerprint density at radius 3 is 2.95 bits per heavy atom. The minimum atomic E-state index is -0.294. The summed E-state index contributed by atoms with van der Waals surface area (Å²) in [5.74, 6) is 4.60. The number of aromatic nitrogens is 1. The number of amides is 1. The Morgan fingerprint density at radius 1 is 1.38 bits per heavy atom. The van der Waals surface area contributed by atoms with E-state index in [2.05, 4.69) is 5.43 Å². The van der Waals surface area contributed by atoms with Crippen LogP contribution < -0.4 is 11.3 Å². The van der Waals surface area contributed by atoms with Crippen LogP contribution in [0, 0.1) is 12.7 Å². The van der Waals surface area contributed by atoms with Crippen LogP contribution in [0.4, 0.5) is 4.39 Å². The van der Waals surface area contributed by atoms with Gasteiger partial charge in [0.15, 0.2) is 0 Å². The molecule has 0 fully saturated rings. The third-order valence-electron chi connectivity index (χ3n) is 3.45. The molecule has 1 amide bonds. The van der Waals surface area contributed by atoms with E-state index in [1.165, 1.54) is 23.5 Å². The van der Waals surface area contributed by atoms with Gasteiger partial charge in [-0.15, -0.1) is 11.3 Å². The summed E-state index contributed by atoms with van der Waals surface area (Å²) >= 11 is 1.40. The van der Waals surface area contributed by atoms with Crippen molar-refractivity contribution in [1.82, 2.24) is 9.99 Å². The standard InChI is InChI=1S/C15H14FN3OS/c1-9-11(6-14(21-9)15(20)18-17)8-19-5-4-10-2-3-12(16)7-13(10)19/h2-7H,8,17H2,1H3,(H,18,20). The molecule has 2 heterocycles. The lowest BCUT2D eigenvalue weighted by molar-refractivity contribution is 0.0957. The van der Waals surface area contributed by atoms with Gasteiger partial charge in [0.25, 0.3) is 5.91 Å². The first kappa shape index (κ1) is 13.8. The smallest absolute Gasteiger partial charge is 0.275 e. The summed E-state index contributed by atoms with van der Waals surface area (Å²) in [4.78, 5) is 13.2. The Kier molecular flexibility index (Phi) is 3.48. The summed E-state index contributed by atoms with van der Waals surface area (Å²) in [7, 11) is 0. The molecular formula is C15H14FN3OS. The molecule has 0 bridgehead atoms. The first-order chi connectivity index (χ1) is 10.1. The second kappa shape index (κ2) is 5.31. The number of thiophene rings is 1. The number of fused-ring (bicyclic) bond motifs is 1. The Labute approximate surface area is 125 Å². The molecule has 0 unspecified atom stereocenters. The number of carbonyl (C=O) groups is 1. The fraction of sp³-hybridized carbons (Fsp3) is 0.133. The number of halogens is 1. The molecule has 0 saturated heterocycles. The number of carbonyl (C=O) groups excluding carboxylic acids is 1. The van der Waals surface area contributed by atoms with Gasteiger partial charge in [-0.3, -0.25) is 10.2 Å². The number of rotatable bonds is 3. The quantitative estimate of drug-likeness (QED) is 0.444. The van der Waals surface area contributed by atoms with Crippen LogP contribution in [0.15, 0.2) is 36.5 Å². The van der Waals surface area contributed by atoms with Crippen molar-refractivity contribution in [1.29, 1.82) is 0 Å². The molecule has 1 aromatic carbocycles.